The minimum Gasteiger partial charge on any atom is -0.496 e. The molecular formula is C17H11BrN2O4S2. The lowest BCUT2D eigenvalue weighted by atomic mass is 10.2. The summed E-state index contributed by atoms with van der Waals surface area (Å²) in [6, 6.07) is 11.2. The number of non-ortho nitro benzene ring substituents is 1. The van der Waals surface area contributed by atoms with Gasteiger partial charge in [-0.2, -0.15) is 0 Å². The number of methoxy groups -OCH3 is 1. The van der Waals surface area contributed by atoms with Gasteiger partial charge in [-0.05, 0) is 36.4 Å². The van der Waals surface area contributed by atoms with Gasteiger partial charge in [0.25, 0.3) is 11.6 Å². The maximum atomic E-state index is 12.8. The number of anilines is 1. The molecule has 0 aliphatic carbocycles. The number of thiocarbonyl (C=S) groups is 1. The first kappa shape index (κ1) is 18.6. The van der Waals surface area contributed by atoms with Gasteiger partial charge < -0.3 is 4.74 Å². The number of amides is 1. The van der Waals surface area contributed by atoms with Crippen LogP contribution in [0.5, 0.6) is 5.75 Å². The first-order valence-corrected chi connectivity index (χ1v) is 9.28. The Morgan fingerprint density at radius 3 is 2.58 bits per heavy atom. The minimum atomic E-state index is -0.493. The van der Waals surface area contributed by atoms with Crippen LogP contribution in [0.4, 0.5) is 11.4 Å². The van der Waals surface area contributed by atoms with E-state index in [0.29, 0.717) is 20.7 Å². The van der Waals surface area contributed by atoms with Crippen LogP contribution >= 0.6 is 39.9 Å². The molecule has 1 aliphatic rings. The van der Waals surface area contributed by atoms with Crippen LogP contribution in [0.1, 0.15) is 5.56 Å². The number of carbonyl (C=O) groups is 1. The average molecular weight is 451 g/mol. The van der Waals surface area contributed by atoms with E-state index < -0.39 is 4.92 Å². The third-order valence-corrected chi connectivity index (χ3v) is 5.39. The molecule has 0 spiro atoms. The number of hydrogen-bond donors (Lipinski definition) is 0. The number of ether oxygens (including phenoxy) is 1. The lowest BCUT2D eigenvalue weighted by Gasteiger charge is -2.14. The molecule has 1 aliphatic heterocycles. The number of nitro groups is 1. The summed E-state index contributed by atoms with van der Waals surface area (Å²) in [6.07, 6.45) is 1.72. The molecule has 6 nitrogen and oxygen atoms in total. The van der Waals surface area contributed by atoms with Crippen molar-refractivity contribution in [1.82, 2.24) is 0 Å². The van der Waals surface area contributed by atoms with Gasteiger partial charge in [-0.25, -0.2) is 0 Å². The van der Waals surface area contributed by atoms with Crippen LogP contribution in [0.2, 0.25) is 0 Å². The molecule has 1 saturated heterocycles. The maximum Gasteiger partial charge on any atom is 0.270 e. The molecule has 132 valence electrons. The fourth-order valence-electron chi connectivity index (χ4n) is 2.37. The van der Waals surface area contributed by atoms with Gasteiger partial charge in [0.05, 0.1) is 22.6 Å². The second-order valence-electron chi connectivity index (χ2n) is 5.18. The molecule has 0 N–H and O–H groups in total. The molecule has 26 heavy (non-hydrogen) atoms. The number of nitro benzene ring substituents is 1. The van der Waals surface area contributed by atoms with Crippen LogP contribution in [0, 0.1) is 10.1 Å². The molecule has 0 bridgehead atoms. The molecule has 9 heteroatoms. The molecule has 1 fully saturated rings. The predicted octanol–water partition coefficient (Wildman–Crippen LogP) is 4.77. The molecule has 0 saturated carbocycles. The van der Waals surface area contributed by atoms with Crippen molar-refractivity contribution in [3.8, 4) is 5.75 Å². The monoisotopic (exact) mass is 450 g/mol. The highest BCUT2D eigenvalue weighted by Gasteiger charge is 2.33. The summed E-state index contributed by atoms with van der Waals surface area (Å²) in [5.74, 6) is 0.352. The highest BCUT2D eigenvalue weighted by molar-refractivity contribution is 9.10. The SMILES string of the molecule is COc1ccc(Br)cc1C=C1SC(=S)N(c2ccc([N+](=O)[O-])cc2)C1=O. The van der Waals surface area contributed by atoms with Crippen LogP contribution < -0.4 is 9.64 Å². The third-order valence-electron chi connectivity index (χ3n) is 3.59. The molecule has 1 amide bonds. The molecule has 3 rings (SSSR count). The number of rotatable bonds is 4. The van der Waals surface area contributed by atoms with Crippen molar-refractivity contribution in [3.63, 3.8) is 0 Å². The second kappa shape index (κ2) is 7.56. The highest BCUT2D eigenvalue weighted by Crippen LogP contribution is 2.38. The summed E-state index contributed by atoms with van der Waals surface area (Å²) in [4.78, 5) is 24.9. The predicted molar refractivity (Wildman–Crippen MR) is 109 cm³/mol. The zero-order valence-corrected chi connectivity index (χ0v) is 16.6. The molecular weight excluding hydrogens is 440 g/mol. The van der Waals surface area contributed by atoms with E-state index in [4.69, 9.17) is 17.0 Å². The lowest BCUT2D eigenvalue weighted by Crippen LogP contribution is -2.27. The summed E-state index contributed by atoms with van der Waals surface area (Å²) in [5.41, 5.74) is 1.18. The smallest absolute Gasteiger partial charge is 0.270 e. The van der Waals surface area contributed by atoms with Crippen molar-refractivity contribution in [2.45, 2.75) is 0 Å². The Morgan fingerprint density at radius 2 is 1.96 bits per heavy atom. The summed E-state index contributed by atoms with van der Waals surface area (Å²) in [6.45, 7) is 0. The number of carbonyl (C=O) groups excluding carboxylic acids is 1. The van der Waals surface area contributed by atoms with E-state index in [0.717, 1.165) is 10.0 Å². The Hall–Kier alpha value is -2.23. The molecule has 0 unspecified atom stereocenters. The fraction of sp³-hybridized carbons (Fsp3) is 0.0588. The van der Waals surface area contributed by atoms with Crippen molar-refractivity contribution in [1.29, 1.82) is 0 Å². The molecule has 2 aromatic carbocycles. The van der Waals surface area contributed by atoms with E-state index in [-0.39, 0.29) is 11.6 Å². The van der Waals surface area contributed by atoms with Crippen LogP contribution in [0.15, 0.2) is 51.8 Å². The average Bonchev–Trinajstić information content (AvgIpc) is 2.89. The lowest BCUT2D eigenvalue weighted by molar-refractivity contribution is -0.384. The van der Waals surface area contributed by atoms with Gasteiger partial charge in [-0.15, -0.1) is 0 Å². The van der Waals surface area contributed by atoms with Gasteiger partial charge in [0.15, 0.2) is 4.32 Å². The summed E-state index contributed by atoms with van der Waals surface area (Å²) in [7, 11) is 1.56. The highest BCUT2D eigenvalue weighted by atomic mass is 79.9. The Labute approximate surface area is 167 Å². The van der Waals surface area contributed by atoms with Gasteiger partial charge >= 0.3 is 0 Å². The Morgan fingerprint density at radius 1 is 1.27 bits per heavy atom. The largest absolute Gasteiger partial charge is 0.496 e. The van der Waals surface area contributed by atoms with Crippen LogP contribution in [-0.2, 0) is 4.79 Å². The first-order valence-electron chi connectivity index (χ1n) is 7.26. The summed E-state index contributed by atoms with van der Waals surface area (Å²) < 4.78 is 6.55. The molecule has 2 aromatic rings. The van der Waals surface area contributed by atoms with Crippen molar-refractivity contribution < 1.29 is 14.5 Å². The number of nitrogens with zero attached hydrogens (tertiary/aromatic N) is 2. The van der Waals surface area contributed by atoms with Gasteiger partial charge in [0.2, 0.25) is 0 Å². The number of benzene rings is 2. The molecule has 0 aromatic heterocycles. The van der Waals surface area contributed by atoms with Crippen LogP contribution in [-0.4, -0.2) is 22.3 Å². The first-order chi connectivity index (χ1) is 12.4. The standard InChI is InChI=1S/C17H11BrN2O4S2/c1-24-14-7-2-11(18)8-10(14)9-15-16(21)19(17(25)26-15)12-3-5-13(6-4-12)20(22)23/h2-9H,1H3. The van der Waals surface area contributed by atoms with E-state index in [1.807, 2.05) is 12.1 Å². The van der Waals surface area contributed by atoms with Gasteiger partial charge in [-0.1, -0.05) is 39.9 Å². The molecule has 0 radical (unpaired) electrons. The van der Waals surface area contributed by atoms with E-state index in [9.17, 15) is 14.9 Å². The van der Waals surface area contributed by atoms with Crippen molar-refractivity contribution in [3.05, 3.63) is 67.5 Å². The normalized spacial score (nSPS) is 15.6. The topological polar surface area (TPSA) is 72.7 Å². The minimum absolute atomic E-state index is 0.0476. The second-order valence-corrected chi connectivity index (χ2v) is 7.77. The van der Waals surface area contributed by atoms with Gasteiger partial charge in [-0.3, -0.25) is 19.8 Å². The van der Waals surface area contributed by atoms with Crippen LogP contribution in [0.25, 0.3) is 6.08 Å². The Bertz CT molecular complexity index is 944. The quantitative estimate of drug-likeness (QED) is 0.289. The third kappa shape index (κ3) is 3.64. The van der Waals surface area contributed by atoms with Gasteiger partial charge in [0.1, 0.15) is 5.75 Å². The van der Waals surface area contributed by atoms with E-state index in [1.165, 1.54) is 40.9 Å². The number of halogens is 1. The van der Waals surface area contributed by atoms with Gasteiger partial charge in [0, 0.05) is 22.2 Å². The zero-order chi connectivity index (χ0) is 18.8. The van der Waals surface area contributed by atoms with Crippen LogP contribution in [0.3, 0.4) is 0 Å². The van der Waals surface area contributed by atoms with Crippen molar-refractivity contribution in [2.75, 3.05) is 12.0 Å². The van der Waals surface area contributed by atoms with E-state index >= 15 is 0 Å². The molecule has 1 heterocycles. The van der Waals surface area contributed by atoms with Crippen molar-refractivity contribution in [2.24, 2.45) is 0 Å². The maximum absolute atomic E-state index is 12.8. The summed E-state index contributed by atoms with van der Waals surface area (Å²) >= 11 is 9.89. The summed E-state index contributed by atoms with van der Waals surface area (Å²) in [5, 5.41) is 10.8. The Balaban J connectivity index is 1.94. The number of hydrogen-bond acceptors (Lipinski definition) is 6. The zero-order valence-electron chi connectivity index (χ0n) is 13.3. The van der Waals surface area contributed by atoms with Crippen molar-refractivity contribution >= 4 is 67.6 Å². The van der Waals surface area contributed by atoms with E-state index in [2.05, 4.69) is 15.9 Å². The Kier molecular flexibility index (Phi) is 5.40. The fourth-order valence-corrected chi connectivity index (χ4v) is 4.04. The molecule has 0 atom stereocenters. The number of thioether (sulfide) groups is 1. The van der Waals surface area contributed by atoms with E-state index in [1.54, 1.807) is 19.3 Å².